The van der Waals surface area contributed by atoms with Gasteiger partial charge in [0.25, 0.3) is 0 Å². The number of nitrogen functional groups attached to an aromatic ring is 1. The summed E-state index contributed by atoms with van der Waals surface area (Å²) in [4.78, 5) is 0. The van der Waals surface area contributed by atoms with Crippen LogP contribution in [0.15, 0.2) is 37.9 Å². The molecule has 0 amide bonds. The number of nitrogens with zero attached hydrogens (tertiary/aromatic N) is 1. The van der Waals surface area contributed by atoms with Crippen LogP contribution in [-0.4, -0.2) is 10.2 Å². The summed E-state index contributed by atoms with van der Waals surface area (Å²) in [6.45, 7) is 0. The van der Waals surface area contributed by atoms with E-state index < -0.39 is 0 Å². The summed E-state index contributed by atoms with van der Waals surface area (Å²) in [7, 11) is 0. The quantitative estimate of drug-likeness (QED) is 0.555. The molecule has 0 aliphatic rings. The molecule has 20 heavy (non-hydrogen) atoms. The van der Waals surface area contributed by atoms with E-state index in [9.17, 15) is 0 Å². The largest absolute Gasteiger partial charge is 0.382 e. The molecule has 0 fully saturated rings. The Morgan fingerprint density at radius 2 is 1.90 bits per heavy atom. The van der Waals surface area contributed by atoms with Crippen molar-refractivity contribution in [3.63, 3.8) is 0 Å². The molecule has 3 nitrogen and oxygen atoms in total. The molecule has 0 spiro atoms. The van der Waals surface area contributed by atoms with Gasteiger partial charge in [-0.15, -0.1) is 11.3 Å². The van der Waals surface area contributed by atoms with Gasteiger partial charge in [-0.1, -0.05) is 23.7 Å². The van der Waals surface area contributed by atoms with Crippen LogP contribution in [0, 0.1) is 0 Å². The molecule has 0 unspecified atom stereocenters. The maximum absolute atomic E-state index is 6.01. The molecule has 0 atom stereocenters. The molecule has 3 rings (SSSR count). The number of nitrogens with one attached hydrogen (secondary N) is 1. The van der Waals surface area contributed by atoms with Crippen LogP contribution in [0.3, 0.4) is 0 Å². The van der Waals surface area contributed by atoms with Gasteiger partial charge in [-0.3, -0.25) is 5.10 Å². The van der Waals surface area contributed by atoms with Crippen LogP contribution in [0.4, 0.5) is 5.82 Å². The van der Waals surface area contributed by atoms with Crippen LogP contribution in [0.25, 0.3) is 22.4 Å². The molecule has 1 aromatic carbocycles. The van der Waals surface area contributed by atoms with Crippen molar-refractivity contribution in [1.82, 2.24) is 10.2 Å². The van der Waals surface area contributed by atoms with Gasteiger partial charge in [-0.2, -0.15) is 5.10 Å². The number of aromatic nitrogens is 2. The van der Waals surface area contributed by atoms with Gasteiger partial charge >= 0.3 is 0 Å². The summed E-state index contributed by atoms with van der Waals surface area (Å²) in [5, 5.41) is 7.83. The molecular weight excluding hydrogens is 425 g/mol. The number of benzene rings is 1. The average molecular weight is 434 g/mol. The van der Waals surface area contributed by atoms with Crippen LogP contribution in [-0.2, 0) is 0 Å². The second kappa shape index (κ2) is 5.52. The smallest absolute Gasteiger partial charge is 0.153 e. The van der Waals surface area contributed by atoms with Crippen molar-refractivity contribution >= 4 is 60.6 Å². The van der Waals surface area contributed by atoms with E-state index in [-0.39, 0.29) is 0 Å². The Hall–Kier alpha value is -0.820. The Morgan fingerprint density at radius 1 is 1.20 bits per heavy atom. The van der Waals surface area contributed by atoms with E-state index in [1.165, 1.54) is 0 Å². The summed E-state index contributed by atoms with van der Waals surface area (Å²) in [6, 6.07) is 9.57. The number of H-pyrrole nitrogens is 1. The van der Waals surface area contributed by atoms with Gasteiger partial charge in [0.05, 0.1) is 18.8 Å². The van der Waals surface area contributed by atoms with Crippen LogP contribution < -0.4 is 5.73 Å². The summed E-state index contributed by atoms with van der Waals surface area (Å²) < 4.78 is 2.05. The van der Waals surface area contributed by atoms with Gasteiger partial charge in [0.2, 0.25) is 0 Å². The molecule has 0 saturated heterocycles. The highest BCUT2D eigenvalue weighted by molar-refractivity contribution is 9.12. The first-order valence-electron chi connectivity index (χ1n) is 5.61. The van der Waals surface area contributed by atoms with Gasteiger partial charge < -0.3 is 5.73 Å². The normalized spacial score (nSPS) is 10.9. The monoisotopic (exact) mass is 431 g/mol. The zero-order valence-corrected chi connectivity index (χ0v) is 14.7. The molecular formula is C13H8Br2ClN3S. The molecule has 3 N–H and O–H groups in total. The van der Waals surface area contributed by atoms with Crippen molar-refractivity contribution in [2.45, 2.75) is 0 Å². The third-order valence-electron chi connectivity index (χ3n) is 2.85. The number of hydrogen-bond donors (Lipinski definition) is 2. The van der Waals surface area contributed by atoms with Crippen LogP contribution in [0.1, 0.15) is 0 Å². The minimum atomic E-state index is 0.469. The second-order valence-electron chi connectivity index (χ2n) is 4.10. The topological polar surface area (TPSA) is 54.7 Å². The molecule has 0 radical (unpaired) electrons. The van der Waals surface area contributed by atoms with Crippen LogP contribution >= 0.6 is 54.8 Å². The number of halogens is 3. The first-order valence-corrected chi connectivity index (χ1v) is 8.39. The molecule has 0 aliphatic carbocycles. The third-order valence-corrected chi connectivity index (χ3v) is 5.44. The van der Waals surface area contributed by atoms with Crippen molar-refractivity contribution < 1.29 is 0 Å². The molecule has 7 heteroatoms. The molecule has 0 aliphatic heterocycles. The zero-order valence-electron chi connectivity index (χ0n) is 9.95. The fourth-order valence-corrected chi connectivity index (χ4v) is 4.92. The lowest BCUT2D eigenvalue weighted by Crippen LogP contribution is -1.88. The van der Waals surface area contributed by atoms with Crippen molar-refractivity contribution in [1.29, 1.82) is 0 Å². The fraction of sp³-hybridized carbons (Fsp3) is 0. The fourth-order valence-electron chi connectivity index (χ4n) is 1.97. The SMILES string of the molecule is Nc1n[nH]c(-c2cc(Br)sc2Br)c1-c1ccc(Cl)cc1. The number of nitrogens with two attached hydrogens (primary N) is 1. The minimum absolute atomic E-state index is 0.469. The highest BCUT2D eigenvalue weighted by Gasteiger charge is 2.18. The summed E-state index contributed by atoms with van der Waals surface area (Å²) >= 11 is 14.6. The first kappa shape index (κ1) is 14.1. The Kier molecular flexibility index (Phi) is 3.90. The second-order valence-corrected chi connectivity index (χ2v) is 8.29. The highest BCUT2D eigenvalue weighted by Crippen LogP contribution is 2.43. The van der Waals surface area contributed by atoms with Crippen molar-refractivity contribution in [3.8, 4) is 22.4 Å². The number of anilines is 1. The Morgan fingerprint density at radius 3 is 2.50 bits per heavy atom. The molecule has 2 aromatic heterocycles. The van der Waals surface area contributed by atoms with Gasteiger partial charge in [-0.05, 0) is 55.6 Å². The summed E-state index contributed by atoms with van der Waals surface area (Å²) in [6.07, 6.45) is 0. The van der Waals surface area contributed by atoms with E-state index in [2.05, 4.69) is 42.1 Å². The summed E-state index contributed by atoms with van der Waals surface area (Å²) in [5.74, 6) is 0.469. The lowest BCUT2D eigenvalue weighted by atomic mass is 10.0. The lowest BCUT2D eigenvalue weighted by molar-refractivity contribution is 1.10. The molecule has 3 aromatic rings. The summed E-state index contributed by atoms with van der Waals surface area (Å²) in [5.41, 5.74) is 9.78. The van der Waals surface area contributed by atoms with Gasteiger partial charge in [-0.25, -0.2) is 0 Å². The van der Waals surface area contributed by atoms with E-state index >= 15 is 0 Å². The predicted octanol–water partition coefficient (Wildman–Crippen LogP) is 5.57. The average Bonchev–Trinajstić information content (AvgIpc) is 2.93. The maximum Gasteiger partial charge on any atom is 0.153 e. The molecule has 0 saturated carbocycles. The van der Waals surface area contributed by atoms with Gasteiger partial charge in [0.15, 0.2) is 5.82 Å². The lowest BCUT2D eigenvalue weighted by Gasteiger charge is -2.04. The molecule has 102 valence electrons. The Balaban J connectivity index is 2.19. The number of hydrogen-bond acceptors (Lipinski definition) is 3. The van der Waals surface area contributed by atoms with E-state index in [0.29, 0.717) is 10.8 Å². The van der Waals surface area contributed by atoms with E-state index in [1.54, 1.807) is 11.3 Å². The number of aromatic amines is 1. The number of thiophene rings is 1. The van der Waals surface area contributed by atoms with Crippen LogP contribution in [0.2, 0.25) is 5.02 Å². The Labute approximate surface area is 141 Å². The maximum atomic E-state index is 6.01. The molecule has 2 heterocycles. The standard InChI is InChI=1S/C13H8Br2ClN3S/c14-9-5-8(12(15)20-9)11-10(13(17)19-18-11)6-1-3-7(16)4-2-6/h1-5H,(H3,17,18,19). The third kappa shape index (κ3) is 2.53. The van der Waals surface area contributed by atoms with E-state index in [4.69, 9.17) is 17.3 Å². The minimum Gasteiger partial charge on any atom is -0.382 e. The van der Waals surface area contributed by atoms with Crippen molar-refractivity contribution in [2.24, 2.45) is 0 Å². The number of rotatable bonds is 2. The van der Waals surface area contributed by atoms with Gasteiger partial charge in [0, 0.05) is 10.6 Å². The van der Waals surface area contributed by atoms with Gasteiger partial charge in [0.1, 0.15) is 0 Å². The van der Waals surface area contributed by atoms with E-state index in [1.807, 2.05) is 30.3 Å². The molecule has 0 bridgehead atoms. The predicted molar refractivity (Wildman–Crippen MR) is 92.2 cm³/mol. The van der Waals surface area contributed by atoms with Crippen molar-refractivity contribution in [2.75, 3.05) is 5.73 Å². The van der Waals surface area contributed by atoms with Crippen molar-refractivity contribution in [3.05, 3.63) is 42.9 Å². The van der Waals surface area contributed by atoms with E-state index in [0.717, 1.165) is 30.0 Å². The van der Waals surface area contributed by atoms with Crippen LogP contribution in [0.5, 0.6) is 0 Å². The first-order chi connectivity index (χ1) is 9.56. The zero-order chi connectivity index (χ0) is 14.3. The highest BCUT2D eigenvalue weighted by atomic mass is 79.9. The Bertz CT molecular complexity index is 765.